The highest BCUT2D eigenvalue weighted by molar-refractivity contribution is 5.51. The van der Waals surface area contributed by atoms with E-state index < -0.39 is 0 Å². The number of hydrazine groups is 1. The van der Waals surface area contributed by atoms with Gasteiger partial charge in [0.05, 0.1) is 0 Å². The molecule has 17 heavy (non-hydrogen) atoms. The summed E-state index contributed by atoms with van der Waals surface area (Å²) in [6.45, 7) is 2.49. The van der Waals surface area contributed by atoms with E-state index in [0.29, 0.717) is 30.5 Å². The van der Waals surface area contributed by atoms with E-state index in [4.69, 9.17) is 10.4 Å². The molecule has 0 aliphatic rings. The number of nitrogens with zero attached hydrogens (tertiary/aromatic N) is 3. The van der Waals surface area contributed by atoms with Gasteiger partial charge in [0.15, 0.2) is 5.82 Å². The average Bonchev–Trinajstić information content (AvgIpc) is 2.75. The molecule has 2 aromatic rings. The fourth-order valence-corrected chi connectivity index (χ4v) is 1.38. The van der Waals surface area contributed by atoms with E-state index in [-0.39, 0.29) is 0 Å². The van der Waals surface area contributed by atoms with Crippen molar-refractivity contribution in [3.05, 3.63) is 30.0 Å². The molecule has 0 fully saturated rings. The highest BCUT2D eigenvalue weighted by atomic mass is 16.5. The number of hydrogen-bond donors (Lipinski definition) is 3. The van der Waals surface area contributed by atoms with E-state index in [1.165, 1.54) is 0 Å². The largest absolute Gasteiger partial charge is 0.384 e. The first-order chi connectivity index (χ1) is 8.28. The summed E-state index contributed by atoms with van der Waals surface area (Å²) in [6.07, 6.45) is 2.38. The van der Waals surface area contributed by atoms with Crippen LogP contribution < -0.4 is 16.6 Å². The Hall–Kier alpha value is -2.15. The number of rotatable bonds is 5. The lowest BCUT2D eigenvalue weighted by Crippen LogP contribution is -2.10. The molecule has 0 amide bonds. The van der Waals surface area contributed by atoms with Crippen molar-refractivity contribution in [3.63, 3.8) is 0 Å². The minimum Gasteiger partial charge on any atom is -0.384 e. The van der Waals surface area contributed by atoms with Gasteiger partial charge in [-0.15, -0.1) is 0 Å². The van der Waals surface area contributed by atoms with Crippen LogP contribution in [0.15, 0.2) is 22.9 Å². The Bertz CT molecular complexity index is 483. The molecule has 0 radical (unpaired) electrons. The maximum Gasteiger partial charge on any atom is 0.223 e. The third-order valence-corrected chi connectivity index (χ3v) is 2.16. The molecule has 90 valence electrons. The molecule has 7 heteroatoms. The van der Waals surface area contributed by atoms with E-state index in [1.807, 2.05) is 12.1 Å². The second-order valence-corrected chi connectivity index (χ2v) is 3.48. The van der Waals surface area contributed by atoms with Gasteiger partial charge >= 0.3 is 0 Å². The normalized spacial score (nSPS) is 10.2. The molecular weight excluding hydrogens is 220 g/mol. The van der Waals surface area contributed by atoms with Gasteiger partial charge in [0.25, 0.3) is 0 Å². The van der Waals surface area contributed by atoms with Gasteiger partial charge < -0.3 is 15.3 Å². The van der Waals surface area contributed by atoms with Crippen molar-refractivity contribution in [2.75, 3.05) is 17.3 Å². The number of nitrogen functional groups attached to an aromatic ring is 1. The lowest BCUT2D eigenvalue weighted by molar-refractivity contribution is 0.387. The molecule has 0 unspecified atom stereocenters. The Morgan fingerprint density at radius 3 is 3.06 bits per heavy atom. The van der Waals surface area contributed by atoms with Gasteiger partial charge in [-0.05, 0) is 6.07 Å². The minimum absolute atomic E-state index is 0.582. The van der Waals surface area contributed by atoms with Gasteiger partial charge in [0.2, 0.25) is 5.89 Å². The van der Waals surface area contributed by atoms with E-state index >= 15 is 0 Å². The molecule has 0 aliphatic carbocycles. The molecule has 0 bridgehead atoms. The molecule has 0 saturated heterocycles. The third-order valence-electron chi connectivity index (χ3n) is 2.16. The Labute approximate surface area is 98.4 Å². The topological polar surface area (TPSA) is 102 Å². The van der Waals surface area contributed by atoms with E-state index in [2.05, 4.69) is 25.9 Å². The van der Waals surface area contributed by atoms with Crippen LogP contribution >= 0.6 is 0 Å². The molecule has 0 saturated carbocycles. The lowest BCUT2D eigenvalue weighted by atomic mass is 10.3. The van der Waals surface area contributed by atoms with Gasteiger partial charge in [-0.25, -0.2) is 10.8 Å². The Balaban J connectivity index is 1.85. The van der Waals surface area contributed by atoms with Crippen molar-refractivity contribution in [2.45, 2.75) is 13.3 Å². The first-order valence-corrected chi connectivity index (χ1v) is 5.23. The molecule has 0 aromatic carbocycles. The maximum atomic E-state index is 5.27. The Kier molecular flexibility index (Phi) is 3.51. The van der Waals surface area contributed by atoms with Crippen LogP contribution in [0.4, 0.5) is 11.5 Å². The second-order valence-electron chi connectivity index (χ2n) is 3.48. The average molecular weight is 234 g/mol. The van der Waals surface area contributed by atoms with Gasteiger partial charge in [0, 0.05) is 37.8 Å². The number of anilines is 2. The molecule has 4 N–H and O–H groups in total. The van der Waals surface area contributed by atoms with Crippen molar-refractivity contribution in [1.29, 1.82) is 0 Å². The zero-order chi connectivity index (χ0) is 12.1. The molecule has 0 aliphatic heterocycles. The summed E-state index contributed by atoms with van der Waals surface area (Å²) in [5.41, 5.74) is 3.43. The van der Waals surface area contributed by atoms with Gasteiger partial charge in [-0.2, -0.15) is 4.98 Å². The molecule has 2 heterocycles. The quantitative estimate of drug-likeness (QED) is 0.517. The number of aryl methyl sites for hydroxylation is 1. The van der Waals surface area contributed by atoms with Gasteiger partial charge in [0.1, 0.15) is 5.82 Å². The minimum atomic E-state index is 0.582. The molecule has 0 spiro atoms. The zero-order valence-corrected chi connectivity index (χ0v) is 9.47. The monoisotopic (exact) mass is 234 g/mol. The van der Waals surface area contributed by atoms with Crippen molar-refractivity contribution in [2.24, 2.45) is 5.84 Å². The molecular formula is C10H14N6O. The summed E-state index contributed by atoms with van der Waals surface area (Å²) in [6, 6.07) is 3.68. The van der Waals surface area contributed by atoms with Gasteiger partial charge in [-0.3, -0.25) is 0 Å². The number of nitrogens with two attached hydrogens (primary N) is 1. The maximum absolute atomic E-state index is 5.27. The first kappa shape index (κ1) is 11.3. The predicted molar refractivity (Wildman–Crippen MR) is 63.3 cm³/mol. The summed E-state index contributed by atoms with van der Waals surface area (Å²) in [5.74, 6) is 7.16. The second kappa shape index (κ2) is 5.26. The summed E-state index contributed by atoms with van der Waals surface area (Å²) >= 11 is 0. The van der Waals surface area contributed by atoms with Crippen LogP contribution in [0, 0.1) is 6.92 Å². The van der Waals surface area contributed by atoms with Crippen LogP contribution in [0.25, 0.3) is 0 Å². The van der Waals surface area contributed by atoms with Crippen LogP contribution in [0.5, 0.6) is 0 Å². The van der Waals surface area contributed by atoms with E-state index in [0.717, 1.165) is 5.69 Å². The third kappa shape index (κ3) is 3.15. The first-order valence-electron chi connectivity index (χ1n) is 5.23. The molecule has 2 aromatic heterocycles. The van der Waals surface area contributed by atoms with Crippen LogP contribution in [-0.4, -0.2) is 21.7 Å². The number of hydrogen-bond acceptors (Lipinski definition) is 7. The van der Waals surface area contributed by atoms with E-state index in [1.54, 1.807) is 13.1 Å². The number of nitrogens with one attached hydrogen (secondary N) is 2. The van der Waals surface area contributed by atoms with Crippen LogP contribution in [-0.2, 0) is 6.42 Å². The van der Waals surface area contributed by atoms with Crippen molar-refractivity contribution in [1.82, 2.24) is 15.1 Å². The summed E-state index contributed by atoms with van der Waals surface area (Å²) in [5, 5.41) is 7.03. The smallest absolute Gasteiger partial charge is 0.223 e. The molecule has 2 rings (SSSR count). The fraction of sp³-hybridized carbons (Fsp3) is 0.300. The molecule has 0 atom stereocenters. The summed E-state index contributed by atoms with van der Waals surface area (Å²) < 4.78 is 4.88. The summed E-state index contributed by atoms with van der Waals surface area (Å²) in [4.78, 5) is 8.12. The van der Waals surface area contributed by atoms with Crippen LogP contribution in [0.1, 0.15) is 11.7 Å². The Morgan fingerprint density at radius 1 is 1.47 bits per heavy atom. The highest BCUT2D eigenvalue weighted by Crippen LogP contribution is 2.10. The summed E-state index contributed by atoms with van der Waals surface area (Å²) in [7, 11) is 0. The standard InChI is InChI=1S/C10H14N6O/c1-7-14-9(16-17-7)3-5-12-8-2-4-13-10(6-8)15-11/h2,4,6H,3,5,11H2,1H3,(H2,12,13,15). The Morgan fingerprint density at radius 2 is 2.35 bits per heavy atom. The lowest BCUT2D eigenvalue weighted by Gasteiger charge is -2.05. The number of pyridine rings is 1. The predicted octanol–water partition coefficient (Wildman–Crippen LogP) is 0.713. The van der Waals surface area contributed by atoms with Gasteiger partial charge in [-0.1, -0.05) is 5.16 Å². The van der Waals surface area contributed by atoms with Crippen molar-refractivity contribution >= 4 is 11.5 Å². The number of aromatic nitrogens is 3. The van der Waals surface area contributed by atoms with E-state index in [9.17, 15) is 0 Å². The molecule has 7 nitrogen and oxygen atoms in total. The van der Waals surface area contributed by atoms with Crippen molar-refractivity contribution < 1.29 is 4.52 Å². The zero-order valence-electron chi connectivity index (χ0n) is 9.47. The fourth-order valence-electron chi connectivity index (χ4n) is 1.38. The van der Waals surface area contributed by atoms with Crippen LogP contribution in [0.2, 0.25) is 0 Å². The SMILES string of the molecule is Cc1nc(CCNc2ccnc(NN)c2)no1. The van der Waals surface area contributed by atoms with Crippen molar-refractivity contribution in [3.8, 4) is 0 Å². The van der Waals surface area contributed by atoms with Crippen LogP contribution in [0.3, 0.4) is 0 Å². The highest BCUT2D eigenvalue weighted by Gasteiger charge is 2.01.